The number of aliphatic hydroxyl groups is 1. The van der Waals surface area contributed by atoms with Gasteiger partial charge >= 0.3 is 0 Å². The fraction of sp³-hybridized carbons (Fsp3) is 0.385. The molecule has 1 N–H and O–H groups in total. The Morgan fingerprint density at radius 2 is 1.67 bits per heavy atom. The van der Waals surface area contributed by atoms with Crippen LogP contribution in [0.1, 0.15) is 44.9 Å². The molecule has 1 fully saturated rings. The number of ketones is 1. The van der Waals surface area contributed by atoms with Crippen LogP contribution >= 0.6 is 0 Å². The average Bonchev–Trinajstić information content (AvgIpc) is 3.04. The minimum atomic E-state index is -0.757. The summed E-state index contributed by atoms with van der Waals surface area (Å²) in [5.41, 5.74) is 1.15. The van der Waals surface area contributed by atoms with Crippen LogP contribution in [0.2, 0.25) is 0 Å². The maximum absolute atomic E-state index is 13.1. The molecular weight excluding hydrogens is 422 g/mol. The Bertz CT molecular complexity index is 1010. The van der Waals surface area contributed by atoms with E-state index in [9.17, 15) is 14.7 Å². The van der Waals surface area contributed by atoms with Gasteiger partial charge in [0.05, 0.1) is 37.5 Å². The number of nitrogens with zero attached hydrogens (tertiary/aromatic N) is 1. The number of Topliss-reactive ketones (excluding diaryl/α,β-unsaturated/α-hetero) is 1. The summed E-state index contributed by atoms with van der Waals surface area (Å²) in [4.78, 5) is 27.5. The predicted molar refractivity (Wildman–Crippen MR) is 125 cm³/mol. The van der Waals surface area contributed by atoms with Gasteiger partial charge in [-0.2, -0.15) is 0 Å². The van der Waals surface area contributed by atoms with Crippen molar-refractivity contribution in [3.63, 3.8) is 0 Å². The smallest absolute Gasteiger partial charge is 0.295 e. The summed E-state index contributed by atoms with van der Waals surface area (Å²) >= 11 is 0. The number of amides is 1. The van der Waals surface area contributed by atoms with Gasteiger partial charge in [0.2, 0.25) is 0 Å². The third kappa shape index (κ3) is 5.54. The molecule has 0 spiro atoms. The van der Waals surface area contributed by atoms with Gasteiger partial charge in [-0.25, -0.2) is 0 Å². The fourth-order valence-electron chi connectivity index (χ4n) is 3.82. The topological polar surface area (TPSA) is 85.3 Å². The lowest BCUT2D eigenvalue weighted by Gasteiger charge is -2.26. The van der Waals surface area contributed by atoms with Crippen LogP contribution in [-0.4, -0.2) is 54.2 Å². The van der Waals surface area contributed by atoms with Gasteiger partial charge < -0.3 is 24.2 Å². The molecule has 2 aromatic carbocycles. The number of hydrogen-bond acceptors (Lipinski definition) is 6. The van der Waals surface area contributed by atoms with E-state index in [-0.39, 0.29) is 30.6 Å². The van der Waals surface area contributed by atoms with E-state index in [0.29, 0.717) is 35.8 Å². The first-order valence-electron chi connectivity index (χ1n) is 11.2. The Kier molecular flexibility index (Phi) is 8.11. The van der Waals surface area contributed by atoms with Crippen molar-refractivity contribution in [2.24, 2.45) is 0 Å². The molecule has 1 aliphatic rings. The second-order valence-electron chi connectivity index (χ2n) is 7.87. The summed E-state index contributed by atoms with van der Waals surface area (Å²) < 4.78 is 16.7. The van der Waals surface area contributed by atoms with Crippen molar-refractivity contribution < 1.29 is 28.9 Å². The summed E-state index contributed by atoms with van der Waals surface area (Å²) in [6, 6.07) is 13.3. The Labute approximate surface area is 194 Å². The summed E-state index contributed by atoms with van der Waals surface area (Å²) in [6.07, 6.45) is -0.00888. The van der Waals surface area contributed by atoms with E-state index in [4.69, 9.17) is 14.2 Å². The Morgan fingerprint density at radius 1 is 1.00 bits per heavy atom. The lowest BCUT2D eigenvalue weighted by molar-refractivity contribution is -0.140. The average molecular weight is 454 g/mol. The number of ether oxygens (including phenoxy) is 3. The number of hydrogen-bond donors (Lipinski definition) is 1. The van der Waals surface area contributed by atoms with Gasteiger partial charge in [-0.05, 0) is 69.7 Å². The van der Waals surface area contributed by atoms with Crippen LogP contribution in [0, 0.1) is 0 Å². The standard InChI is InChI=1S/C26H31NO6/c1-5-31-20-12-10-18(11-13-20)24(28)22-23(19-8-7-9-21(16-19)32-6-2)27(26(30)25(22)29)14-15-33-17(3)4/h7-13,16-17,23,28H,5-6,14-15H2,1-4H3/b24-22-. The highest BCUT2D eigenvalue weighted by molar-refractivity contribution is 6.46. The van der Waals surface area contributed by atoms with Crippen molar-refractivity contribution in [1.29, 1.82) is 0 Å². The van der Waals surface area contributed by atoms with Crippen LogP contribution in [0.4, 0.5) is 0 Å². The lowest BCUT2D eigenvalue weighted by atomic mass is 9.95. The quantitative estimate of drug-likeness (QED) is 0.327. The van der Waals surface area contributed by atoms with Crippen LogP contribution in [0.15, 0.2) is 54.1 Å². The molecular formula is C26H31NO6. The third-order valence-electron chi connectivity index (χ3n) is 5.25. The minimum absolute atomic E-state index is 0.00888. The maximum atomic E-state index is 13.1. The van der Waals surface area contributed by atoms with Crippen molar-refractivity contribution in [2.45, 2.75) is 39.8 Å². The largest absolute Gasteiger partial charge is 0.507 e. The van der Waals surface area contributed by atoms with Crippen LogP contribution in [0.3, 0.4) is 0 Å². The van der Waals surface area contributed by atoms with Crippen molar-refractivity contribution in [3.8, 4) is 11.5 Å². The Balaban J connectivity index is 2.07. The fourth-order valence-corrected chi connectivity index (χ4v) is 3.82. The first kappa shape index (κ1) is 24.3. The second kappa shape index (κ2) is 11.0. The molecule has 33 heavy (non-hydrogen) atoms. The van der Waals surface area contributed by atoms with Crippen molar-refractivity contribution >= 4 is 17.4 Å². The van der Waals surface area contributed by atoms with Gasteiger partial charge in [0.25, 0.3) is 11.7 Å². The summed E-state index contributed by atoms with van der Waals surface area (Å²) in [7, 11) is 0. The molecule has 0 saturated carbocycles. The molecule has 7 heteroatoms. The third-order valence-corrected chi connectivity index (χ3v) is 5.25. The zero-order chi connectivity index (χ0) is 24.0. The summed E-state index contributed by atoms with van der Waals surface area (Å²) in [5.74, 6) is -0.337. The van der Waals surface area contributed by atoms with E-state index in [1.165, 1.54) is 4.90 Å². The molecule has 0 aliphatic carbocycles. The van der Waals surface area contributed by atoms with Gasteiger partial charge in [-0.1, -0.05) is 12.1 Å². The van der Waals surface area contributed by atoms with E-state index in [0.717, 1.165) is 0 Å². The van der Waals surface area contributed by atoms with E-state index in [1.54, 1.807) is 30.3 Å². The predicted octanol–water partition coefficient (Wildman–Crippen LogP) is 4.33. The SMILES string of the molecule is CCOc1ccc(/C(O)=C2/C(=O)C(=O)N(CCOC(C)C)C2c2cccc(OCC)c2)cc1. The van der Waals surface area contributed by atoms with E-state index in [2.05, 4.69) is 0 Å². The Morgan fingerprint density at radius 3 is 2.30 bits per heavy atom. The van der Waals surface area contributed by atoms with E-state index in [1.807, 2.05) is 45.9 Å². The zero-order valence-corrected chi connectivity index (χ0v) is 19.5. The normalized spacial score (nSPS) is 17.6. The first-order chi connectivity index (χ1) is 15.9. The molecule has 1 saturated heterocycles. The van der Waals surface area contributed by atoms with Gasteiger partial charge in [0.1, 0.15) is 17.3 Å². The molecule has 0 aromatic heterocycles. The first-order valence-corrected chi connectivity index (χ1v) is 11.2. The van der Waals surface area contributed by atoms with Gasteiger partial charge in [0, 0.05) is 12.1 Å². The molecule has 7 nitrogen and oxygen atoms in total. The van der Waals surface area contributed by atoms with Gasteiger partial charge in [0.15, 0.2) is 0 Å². The van der Waals surface area contributed by atoms with Gasteiger partial charge in [-0.15, -0.1) is 0 Å². The van der Waals surface area contributed by atoms with E-state index >= 15 is 0 Å². The van der Waals surface area contributed by atoms with Crippen LogP contribution in [-0.2, 0) is 14.3 Å². The zero-order valence-electron chi connectivity index (χ0n) is 19.5. The van der Waals surface area contributed by atoms with E-state index < -0.39 is 17.7 Å². The molecule has 1 heterocycles. The number of benzene rings is 2. The summed E-state index contributed by atoms with van der Waals surface area (Å²) in [5, 5.41) is 11.1. The molecule has 176 valence electrons. The highest BCUT2D eigenvalue weighted by Crippen LogP contribution is 2.40. The Hall–Kier alpha value is -3.32. The van der Waals surface area contributed by atoms with Crippen LogP contribution in [0.5, 0.6) is 11.5 Å². The number of likely N-dealkylation sites (tertiary alicyclic amines) is 1. The van der Waals surface area contributed by atoms with Gasteiger partial charge in [-0.3, -0.25) is 9.59 Å². The molecule has 1 aliphatic heterocycles. The number of rotatable bonds is 10. The number of aliphatic hydroxyl groups excluding tert-OH is 1. The maximum Gasteiger partial charge on any atom is 0.295 e. The second-order valence-corrected chi connectivity index (χ2v) is 7.87. The van der Waals surface area contributed by atoms with Crippen molar-refractivity contribution in [2.75, 3.05) is 26.4 Å². The minimum Gasteiger partial charge on any atom is -0.507 e. The van der Waals surface area contributed by atoms with Crippen LogP contribution < -0.4 is 9.47 Å². The molecule has 2 aromatic rings. The lowest BCUT2D eigenvalue weighted by Crippen LogP contribution is -2.33. The van der Waals surface area contributed by atoms with Crippen molar-refractivity contribution in [1.82, 2.24) is 4.90 Å². The number of carbonyl (C=O) groups is 2. The molecule has 3 rings (SSSR count). The monoisotopic (exact) mass is 453 g/mol. The highest BCUT2D eigenvalue weighted by Gasteiger charge is 2.46. The molecule has 1 amide bonds. The molecule has 1 unspecified atom stereocenters. The molecule has 0 radical (unpaired) electrons. The summed E-state index contributed by atoms with van der Waals surface area (Å²) in [6.45, 7) is 9.07. The highest BCUT2D eigenvalue weighted by atomic mass is 16.5. The molecule has 1 atom stereocenters. The van der Waals surface area contributed by atoms with Crippen LogP contribution in [0.25, 0.3) is 5.76 Å². The molecule has 0 bridgehead atoms. The number of carbonyl (C=O) groups excluding carboxylic acids is 2. The van der Waals surface area contributed by atoms with Crippen molar-refractivity contribution in [3.05, 3.63) is 65.2 Å².